The number of ether oxygens (including phenoxy) is 1. The van der Waals surface area contributed by atoms with Crippen molar-refractivity contribution in [2.75, 3.05) is 6.61 Å². The molecule has 0 saturated carbocycles. The molecule has 1 aromatic carbocycles. The normalized spacial score (nSPS) is 15.8. The Labute approximate surface area is 116 Å². The van der Waals surface area contributed by atoms with E-state index in [1.165, 1.54) is 12.5 Å². The van der Waals surface area contributed by atoms with Crippen LogP contribution in [0.2, 0.25) is 0 Å². The topological polar surface area (TPSA) is 98.6 Å². The molecule has 0 aliphatic carbocycles. The summed E-state index contributed by atoms with van der Waals surface area (Å²) in [6, 6.07) is 9.49. The Kier molecular flexibility index (Phi) is 5.25. The van der Waals surface area contributed by atoms with Gasteiger partial charge in [-0.15, -0.1) is 0 Å². The van der Waals surface area contributed by atoms with Crippen molar-refractivity contribution in [1.82, 2.24) is 9.97 Å². The number of nitrogens with zero attached hydrogens (tertiary/aromatic N) is 1. The summed E-state index contributed by atoms with van der Waals surface area (Å²) < 4.78 is 5.66. The van der Waals surface area contributed by atoms with Crippen LogP contribution in [0.25, 0.3) is 0 Å². The van der Waals surface area contributed by atoms with Crippen LogP contribution in [0.3, 0.4) is 0 Å². The summed E-state index contributed by atoms with van der Waals surface area (Å²) in [5.41, 5.74) is 1.49. The molecule has 0 amide bonds. The fraction of sp³-hybridized carbons (Fsp3) is 0.357. The Balaban J connectivity index is 2.07. The number of imidazole rings is 1. The molecular weight excluding hydrogens is 260 g/mol. The third-order valence-corrected chi connectivity index (χ3v) is 2.99. The van der Waals surface area contributed by atoms with Gasteiger partial charge in [0, 0.05) is 0 Å². The minimum absolute atomic E-state index is 0.278. The molecule has 0 aliphatic heterocycles. The van der Waals surface area contributed by atoms with E-state index >= 15 is 0 Å². The maximum atomic E-state index is 10.0. The summed E-state index contributed by atoms with van der Waals surface area (Å²) in [6.45, 7) is -0.264. The second-order valence-corrected chi connectivity index (χ2v) is 4.46. The van der Waals surface area contributed by atoms with Gasteiger partial charge in [0.05, 0.1) is 31.4 Å². The lowest BCUT2D eigenvalue weighted by Gasteiger charge is -2.25. The first-order valence-corrected chi connectivity index (χ1v) is 6.33. The van der Waals surface area contributed by atoms with Crippen molar-refractivity contribution < 1.29 is 20.1 Å². The molecule has 108 valence electrons. The van der Waals surface area contributed by atoms with E-state index in [9.17, 15) is 10.2 Å². The van der Waals surface area contributed by atoms with Crippen LogP contribution in [0, 0.1) is 0 Å². The fourth-order valence-electron chi connectivity index (χ4n) is 1.86. The lowest BCUT2D eigenvalue weighted by Crippen LogP contribution is -2.36. The molecule has 0 bridgehead atoms. The molecule has 3 unspecified atom stereocenters. The molecule has 4 N–H and O–H groups in total. The number of H-pyrrole nitrogens is 1. The van der Waals surface area contributed by atoms with E-state index in [0.717, 1.165) is 5.56 Å². The first kappa shape index (κ1) is 14.7. The summed E-state index contributed by atoms with van der Waals surface area (Å²) >= 11 is 0. The number of benzene rings is 1. The lowest BCUT2D eigenvalue weighted by atomic mass is 10.1. The van der Waals surface area contributed by atoms with Gasteiger partial charge in [-0.05, 0) is 5.56 Å². The fourth-order valence-corrected chi connectivity index (χ4v) is 1.86. The summed E-state index contributed by atoms with van der Waals surface area (Å²) in [5, 5.41) is 28.6. The van der Waals surface area contributed by atoms with Crippen molar-refractivity contribution in [2.24, 2.45) is 0 Å². The van der Waals surface area contributed by atoms with Crippen LogP contribution in [-0.2, 0) is 11.3 Å². The number of aliphatic hydroxyl groups excluding tert-OH is 3. The predicted molar refractivity (Wildman–Crippen MR) is 71.7 cm³/mol. The van der Waals surface area contributed by atoms with E-state index in [1.54, 1.807) is 0 Å². The molecule has 0 spiro atoms. The maximum absolute atomic E-state index is 10.0. The summed E-state index contributed by atoms with van der Waals surface area (Å²) in [5.74, 6) is 0. The van der Waals surface area contributed by atoms with Crippen LogP contribution >= 0.6 is 0 Å². The quantitative estimate of drug-likeness (QED) is 0.587. The van der Waals surface area contributed by atoms with Crippen molar-refractivity contribution in [3.8, 4) is 0 Å². The van der Waals surface area contributed by atoms with Crippen LogP contribution in [-0.4, -0.2) is 44.1 Å². The molecule has 2 rings (SSSR count). The summed E-state index contributed by atoms with van der Waals surface area (Å²) in [4.78, 5) is 6.72. The van der Waals surface area contributed by atoms with Crippen LogP contribution in [0.4, 0.5) is 0 Å². The molecule has 2 aromatic rings. The molecule has 20 heavy (non-hydrogen) atoms. The second-order valence-electron chi connectivity index (χ2n) is 4.46. The van der Waals surface area contributed by atoms with Crippen molar-refractivity contribution in [3.63, 3.8) is 0 Å². The van der Waals surface area contributed by atoms with E-state index in [4.69, 9.17) is 9.84 Å². The Hall–Kier alpha value is -1.73. The Bertz CT molecular complexity index is 489. The smallest absolute Gasteiger partial charge is 0.128 e. The molecule has 0 aliphatic rings. The minimum Gasteiger partial charge on any atom is -0.394 e. The third-order valence-electron chi connectivity index (χ3n) is 2.99. The minimum atomic E-state index is -1.28. The van der Waals surface area contributed by atoms with E-state index < -0.39 is 24.9 Å². The highest BCUT2D eigenvalue weighted by atomic mass is 16.5. The third kappa shape index (κ3) is 3.64. The largest absolute Gasteiger partial charge is 0.394 e. The number of rotatable bonds is 7. The van der Waals surface area contributed by atoms with Crippen molar-refractivity contribution in [2.45, 2.75) is 24.9 Å². The number of hydrogen-bond acceptors (Lipinski definition) is 5. The van der Waals surface area contributed by atoms with Crippen LogP contribution in [0.15, 0.2) is 42.9 Å². The number of aromatic nitrogens is 2. The van der Waals surface area contributed by atoms with Crippen molar-refractivity contribution >= 4 is 0 Å². The SMILES string of the molecule is OCC(O)C(O)C(OCc1ccccc1)c1cnc[nH]1. The van der Waals surface area contributed by atoms with Gasteiger partial charge in [0.1, 0.15) is 18.3 Å². The monoisotopic (exact) mass is 278 g/mol. The second kappa shape index (κ2) is 7.16. The summed E-state index contributed by atoms with van der Waals surface area (Å²) in [7, 11) is 0. The molecule has 1 aromatic heterocycles. The summed E-state index contributed by atoms with van der Waals surface area (Å²) in [6.07, 6.45) is -0.335. The van der Waals surface area contributed by atoms with Gasteiger partial charge >= 0.3 is 0 Å². The van der Waals surface area contributed by atoms with Crippen LogP contribution < -0.4 is 0 Å². The van der Waals surface area contributed by atoms with Gasteiger partial charge in [0.2, 0.25) is 0 Å². The predicted octanol–water partition coefficient (Wildman–Crippen LogP) is 0.382. The molecule has 3 atom stereocenters. The van der Waals surface area contributed by atoms with E-state index in [-0.39, 0.29) is 6.61 Å². The van der Waals surface area contributed by atoms with E-state index in [0.29, 0.717) is 5.69 Å². The average Bonchev–Trinajstić information content (AvgIpc) is 3.01. The highest BCUT2D eigenvalue weighted by molar-refractivity contribution is 5.14. The molecular formula is C14H18N2O4. The standard InChI is InChI=1S/C14H18N2O4/c17-7-12(18)13(19)14(11-6-15-9-16-11)20-8-10-4-2-1-3-5-10/h1-6,9,12-14,17-19H,7-8H2,(H,15,16). The first-order chi connectivity index (χ1) is 9.72. The number of aromatic amines is 1. The van der Waals surface area contributed by atoms with Gasteiger partial charge in [0.15, 0.2) is 0 Å². The Morgan fingerprint density at radius 2 is 1.95 bits per heavy atom. The molecule has 6 nitrogen and oxygen atoms in total. The van der Waals surface area contributed by atoms with Gasteiger partial charge in [-0.25, -0.2) is 4.98 Å². The highest BCUT2D eigenvalue weighted by Gasteiger charge is 2.29. The zero-order valence-corrected chi connectivity index (χ0v) is 10.9. The zero-order valence-electron chi connectivity index (χ0n) is 10.9. The maximum Gasteiger partial charge on any atom is 0.128 e. The van der Waals surface area contributed by atoms with Gasteiger partial charge < -0.3 is 25.0 Å². The Morgan fingerprint density at radius 1 is 1.20 bits per heavy atom. The van der Waals surface area contributed by atoms with Gasteiger partial charge in [0.25, 0.3) is 0 Å². The van der Waals surface area contributed by atoms with Crippen molar-refractivity contribution in [3.05, 3.63) is 54.1 Å². The molecule has 6 heteroatoms. The van der Waals surface area contributed by atoms with Crippen LogP contribution in [0.5, 0.6) is 0 Å². The molecule has 1 heterocycles. The van der Waals surface area contributed by atoms with Gasteiger partial charge in [-0.2, -0.15) is 0 Å². The first-order valence-electron chi connectivity index (χ1n) is 6.33. The van der Waals surface area contributed by atoms with Crippen molar-refractivity contribution in [1.29, 1.82) is 0 Å². The Morgan fingerprint density at radius 3 is 2.55 bits per heavy atom. The lowest BCUT2D eigenvalue weighted by molar-refractivity contribution is -0.110. The number of aliphatic hydroxyl groups is 3. The number of nitrogens with one attached hydrogen (secondary N) is 1. The van der Waals surface area contributed by atoms with Gasteiger partial charge in [-0.1, -0.05) is 30.3 Å². The zero-order chi connectivity index (χ0) is 14.4. The molecule has 0 radical (unpaired) electrons. The van der Waals surface area contributed by atoms with E-state index in [1.807, 2.05) is 30.3 Å². The van der Waals surface area contributed by atoms with Gasteiger partial charge in [-0.3, -0.25) is 0 Å². The van der Waals surface area contributed by atoms with E-state index in [2.05, 4.69) is 9.97 Å². The molecule has 0 fully saturated rings. The average molecular weight is 278 g/mol. The molecule has 0 saturated heterocycles. The van der Waals surface area contributed by atoms with Crippen LogP contribution in [0.1, 0.15) is 17.4 Å². The number of hydrogen-bond donors (Lipinski definition) is 4. The highest BCUT2D eigenvalue weighted by Crippen LogP contribution is 2.23.